The maximum Gasteiger partial charge on any atom is 0.164 e. The fraction of sp³-hybridized carbons (Fsp3) is 0.174. The zero-order valence-electron chi connectivity index (χ0n) is 15.7. The lowest BCUT2D eigenvalue weighted by atomic mass is 10.0. The van der Waals surface area contributed by atoms with Crippen molar-refractivity contribution in [2.75, 3.05) is 14.2 Å². The van der Waals surface area contributed by atoms with Crippen molar-refractivity contribution < 1.29 is 14.3 Å². The van der Waals surface area contributed by atoms with E-state index in [2.05, 4.69) is 0 Å². The van der Waals surface area contributed by atoms with Crippen LogP contribution in [-0.4, -0.2) is 20.0 Å². The molecule has 0 aromatic heterocycles. The summed E-state index contributed by atoms with van der Waals surface area (Å²) in [5.41, 5.74) is 1.77. The Kier molecular flexibility index (Phi) is 7.01. The van der Waals surface area contributed by atoms with E-state index >= 15 is 0 Å². The molecule has 0 fully saturated rings. The molecule has 0 aliphatic carbocycles. The fourth-order valence-electron chi connectivity index (χ4n) is 2.87. The Balaban J connectivity index is 1.85. The molecule has 0 heterocycles. The van der Waals surface area contributed by atoms with E-state index in [1.54, 1.807) is 50.2 Å². The molecule has 3 aromatic rings. The van der Waals surface area contributed by atoms with Gasteiger partial charge in [-0.25, -0.2) is 0 Å². The molecule has 28 heavy (non-hydrogen) atoms. The molecular formula is C23H21ClO3S. The molecule has 144 valence electrons. The number of carbonyl (C=O) groups is 1. The van der Waals surface area contributed by atoms with Crippen molar-refractivity contribution in [3.63, 3.8) is 0 Å². The summed E-state index contributed by atoms with van der Waals surface area (Å²) < 4.78 is 10.7. The van der Waals surface area contributed by atoms with Crippen molar-refractivity contribution in [2.24, 2.45) is 0 Å². The van der Waals surface area contributed by atoms with E-state index in [4.69, 9.17) is 21.1 Å². The average Bonchev–Trinajstić information content (AvgIpc) is 2.74. The van der Waals surface area contributed by atoms with Crippen LogP contribution in [0.5, 0.6) is 11.5 Å². The zero-order chi connectivity index (χ0) is 19.9. The molecule has 0 aliphatic rings. The number of thioether (sulfide) groups is 1. The van der Waals surface area contributed by atoms with Gasteiger partial charge in [-0.1, -0.05) is 41.9 Å². The van der Waals surface area contributed by atoms with Gasteiger partial charge in [0.25, 0.3) is 0 Å². The Bertz CT molecular complexity index is 926. The van der Waals surface area contributed by atoms with Gasteiger partial charge in [-0.3, -0.25) is 4.79 Å². The van der Waals surface area contributed by atoms with Crippen molar-refractivity contribution in [3.8, 4) is 11.5 Å². The third kappa shape index (κ3) is 5.09. The number of hydrogen-bond acceptors (Lipinski definition) is 4. The van der Waals surface area contributed by atoms with Gasteiger partial charge in [0.05, 0.1) is 14.2 Å². The van der Waals surface area contributed by atoms with Crippen molar-refractivity contribution in [1.29, 1.82) is 0 Å². The maximum atomic E-state index is 12.9. The second kappa shape index (κ2) is 9.67. The highest BCUT2D eigenvalue weighted by molar-refractivity contribution is 7.99. The van der Waals surface area contributed by atoms with Gasteiger partial charge in [-0.2, -0.15) is 0 Å². The number of Topliss-reactive ketones (excluding diaryl/α,β-unsaturated/α-hetero) is 1. The van der Waals surface area contributed by atoms with E-state index < -0.39 is 0 Å². The van der Waals surface area contributed by atoms with Crippen LogP contribution in [0.25, 0.3) is 0 Å². The van der Waals surface area contributed by atoms with E-state index in [1.165, 1.54) is 0 Å². The summed E-state index contributed by atoms with van der Waals surface area (Å²) in [6.45, 7) is 0. The lowest BCUT2D eigenvalue weighted by molar-refractivity contribution is 0.0982. The van der Waals surface area contributed by atoms with E-state index in [-0.39, 0.29) is 11.0 Å². The minimum Gasteiger partial charge on any atom is -0.493 e. The van der Waals surface area contributed by atoms with Crippen LogP contribution in [0.4, 0.5) is 0 Å². The second-order valence-electron chi connectivity index (χ2n) is 6.17. The van der Waals surface area contributed by atoms with E-state index in [1.807, 2.05) is 48.5 Å². The second-order valence-corrected chi connectivity index (χ2v) is 7.88. The summed E-state index contributed by atoms with van der Waals surface area (Å²) in [4.78, 5) is 13.9. The van der Waals surface area contributed by atoms with Crippen LogP contribution in [0.15, 0.2) is 77.7 Å². The SMILES string of the molecule is COc1ccc(SC(CC(=O)c2ccc(Cl)cc2)c2ccccc2)cc1OC. The summed E-state index contributed by atoms with van der Waals surface area (Å²) in [6, 6.07) is 22.9. The predicted molar refractivity (Wildman–Crippen MR) is 115 cm³/mol. The van der Waals surface area contributed by atoms with Gasteiger partial charge in [-0.15, -0.1) is 11.8 Å². The van der Waals surface area contributed by atoms with Crippen molar-refractivity contribution in [3.05, 3.63) is 88.9 Å². The number of halogens is 1. The Morgan fingerprint density at radius 3 is 2.25 bits per heavy atom. The Morgan fingerprint density at radius 2 is 1.61 bits per heavy atom. The van der Waals surface area contributed by atoms with Gasteiger partial charge >= 0.3 is 0 Å². The molecule has 0 bridgehead atoms. The molecule has 0 radical (unpaired) electrons. The van der Waals surface area contributed by atoms with Gasteiger partial charge in [0.1, 0.15) is 0 Å². The fourth-order valence-corrected chi connectivity index (χ4v) is 4.18. The van der Waals surface area contributed by atoms with Gasteiger partial charge < -0.3 is 9.47 Å². The van der Waals surface area contributed by atoms with Crippen molar-refractivity contribution in [2.45, 2.75) is 16.6 Å². The van der Waals surface area contributed by atoms with Crippen molar-refractivity contribution >= 4 is 29.1 Å². The summed E-state index contributed by atoms with van der Waals surface area (Å²) in [5.74, 6) is 1.43. The Hall–Kier alpha value is -2.43. The highest BCUT2D eigenvalue weighted by Gasteiger charge is 2.19. The van der Waals surface area contributed by atoms with Gasteiger partial charge in [-0.05, 0) is 48.0 Å². The summed E-state index contributed by atoms with van der Waals surface area (Å²) in [5, 5.41) is 0.596. The lowest BCUT2D eigenvalue weighted by Gasteiger charge is -2.18. The maximum absolute atomic E-state index is 12.9. The summed E-state index contributed by atoms with van der Waals surface area (Å²) in [6.07, 6.45) is 0.380. The van der Waals surface area contributed by atoms with Crippen molar-refractivity contribution in [1.82, 2.24) is 0 Å². The minimum absolute atomic E-state index is 0.0255. The Labute approximate surface area is 174 Å². The van der Waals surface area contributed by atoms with Gasteiger partial charge in [0.15, 0.2) is 17.3 Å². The molecule has 3 nitrogen and oxygen atoms in total. The normalized spacial score (nSPS) is 11.7. The first-order chi connectivity index (χ1) is 13.6. The quantitative estimate of drug-likeness (QED) is 0.314. The molecular weight excluding hydrogens is 392 g/mol. The average molecular weight is 413 g/mol. The van der Waals surface area contributed by atoms with Crippen LogP contribution in [0.2, 0.25) is 5.02 Å². The first-order valence-corrected chi connectivity index (χ1v) is 10.1. The third-order valence-corrected chi connectivity index (χ3v) is 5.84. The first-order valence-electron chi connectivity index (χ1n) is 8.83. The molecule has 0 saturated carbocycles. The van der Waals surface area contributed by atoms with E-state index in [0.29, 0.717) is 28.5 Å². The van der Waals surface area contributed by atoms with Crippen LogP contribution >= 0.6 is 23.4 Å². The molecule has 0 saturated heterocycles. The summed E-state index contributed by atoms with van der Waals surface area (Å²) >= 11 is 7.58. The van der Waals surface area contributed by atoms with Crippen LogP contribution in [0.3, 0.4) is 0 Å². The molecule has 0 N–H and O–H groups in total. The Morgan fingerprint density at radius 1 is 0.929 bits per heavy atom. The number of benzene rings is 3. The molecule has 5 heteroatoms. The number of ketones is 1. The molecule has 3 aromatic carbocycles. The molecule has 1 unspecified atom stereocenters. The highest BCUT2D eigenvalue weighted by Crippen LogP contribution is 2.41. The van der Waals surface area contributed by atoms with E-state index in [9.17, 15) is 4.79 Å². The van der Waals surface area contributed by atoms with Gasteiger partial charge in [0, 0.05) is 27.2 Å². The number of carbonyl (C=O) groups excluding carboxylic acids is 1. The number of rotatable bonds is 8. The molecule has 3 rings (SSSR count). The molecule has 1 atom stereocenters. The lowest BCUT2D eigenvalue weighted by Crippen LogP contribution is -2.05. The molecule has 0 aliphatic heterocycles. The smallest absolute Gasteiger partial charge is 0.164 e. The number of methoxy groups -OCH3 is 2. The minimum atomic E-state index is -0.0255. The van der Waals surface area contributed by atoms with Gasteiger partial charge in [0.2, 0.25) is 0 Å². The van der Waals surface area contributed by atoms with Crippen LogP contribution in [-0.2, 0) is 0 Å². The molecule has 0 spiro atoms. The largest absolute Gasteiger partial charge is 0.493 e. The zero-order valence-corrected chi connectivity index (χ0v) is 17.3. The predicted octanol–water partition coefficient (Wildman–Crippen LogP) is 6.46. The standard InChI is InChI=1S/C23H21ClO3S/c1-26-21-13-12-19(14-22(21)27-2)28-23(17-6-4-3-5-7-17)15-20(25)16-8-10-18(24)11-9-16/h3-14,23H,15H2,1-2H3. The van der Waals surface area contributed by atoms with E-state index in [0.717, 1.165) is 10.5 Å². The number of ether oxygens (including phenoxy) is 2. The van der Waals surface area contributed by atoms with Crippen LogP contribution in [0.1, 0.15) is 27.6 Å². The topological polar surface area (TPSA) is 35.5 Å². The summed E-state index contributed by atoms with van der Waals surface area (Å²) in [7, 11) is 3.23. The van der Waals surface area contributed by atoms with Crippen LogP contribution < -0.4 is 9.47 Å². The first kappa shape index (κ1) is 20.3. The highest BCUT2D eigenvalue weighted by atomic mass is 35.5. The molecule has 0 amide bonds. The van der Waals surface area contributed by atoms with Crippen LogP contribution in [0, 0.1) is 0 Å². The monoisotopic (exact) mass is 412 g/mol. The third-order valence-electron chi connectivity index (χ3n) is 4.34. The number of hydrogen-bond donors (Lipinski definition) is 0.